The average molecular weight is 1830 g/mol. The lowest BCUT2D eigenvalue weighted by atomic mass is 9.52. The van der Waals surface area contributed by atoms with E-state index in [4.69, 9.17) is 57.2 Å². The highest BCUT2D eigenvalue weighted by atomic mass is 16.6. The van der Waals surface area contributed by atoms with Crippen molar-refractivity contribution in [3.63, 3.8) is 0 Å². The van der Waals surface area contributed by atoms with Crippen LogP contribution in [0.3, 0.4) is 0 Å². The number of aliphatic carboxylic acids is 3. The Kier molecular flexibility index (Phi) is 41.0. The van der Waals surface area contributed by atoms with Crippen LogP contribution < -0.4 is 57.9 Å². The van der Waals surface area contributed by atoms with Crippen LogP contribution in [0.4, 0.5) is 0 Å². The molecule has 0 aromatic heterocycles. The van der Waals surface area contributed by atoms with Gasteiger partial charge < -0.3 is 102 Å². The number of aryl methyl sites for hydroxylation is 6. The van der Waals surface area contributed by atoms with Crippen molar-refractivity contribution in [1.82, 2.24) is 14.7 Å². The van der Waals surface area contributed by atoms with Gasteiger partial charge in [0.05, 0.1) is 101 Å². The van der Waals surface area contributed by atoms with Gasteiger partial charge in [0.2, 0.25) is 0 Å². The van der Waals surface area contributed by atoms with E-state index in [1.807, 2.05) is 184 Å². The zero-order valence-electron chi connectivity index (χ0n) is 80.5. The van der Waals surface area contributed by atoms with Gasteiger partial charge in [0.25, 0.3) is 0 Å². The number of esters is 3. The van der Waals surface area contributed by atoms with Gasteiger partial charge in [-0.1, -0.05) is 129 Å². The van der Waals surface area contributed by atoms with E-state index in [1.165, 1.54) is 107 Å². The minimum atomic E-state index is -1.28. The first-order valence-corrected chi connectivity index (χ1v) is 47.2. The topological polar surface area (TPSA) is 289 Å². The summed E-state index contributed by atoms with van der Waals surface area (Å²) in [6, 6.07) is 62.7. The monoisotopic (exact) mass is 1830 g/mol. The molecule has 14 rings (SSSR count). The zero-order chi connectivity index (χ0) is 95.4. The lowest BCUT2D eigenvalue weighted by Gasteiger charge is -2.56. The molecule has 25 heteroatoms. The third-order valence-corrected chi connectivity index (χ3v) is 26.8. The van der Waals surface area contributed by atoms with E-state index in [1.54, 1.807) is 67.6 Å². The summed E-state index contributed by atoms with van der Waals surface area (Å²) in [5, 5.41) is 29.9. The highest BCUT2D eigenvalue weighted by molar-refractivity contribution is 5.77. The van der Waals surface area contributed by atoms with Crippen LogP contribution in [0.15, 0.2) is 182 Å². The maximum absolute atomic E-state index is 12.0. The van der Waals surface area contributed by atoms with E-state index < -0.39 is 54.1 Å². The van der Waals surface area contributed by atoms with Crippen LogP contribution in [-0.2, 0) is 105 Å². The molecule has 6 aliphatic rings. The summed E-state index contributed by atoms with van der Waals surface area (Å²) in [6.07, 6.45) is 18.5. The molecule has 2 saturated heterocycles. The number of quaternary nitrogens is 2. The summed E-state index contributed by atoms with van der Waals surface area (Å²) in [5.41, 5.74) is 14.1. The number of methoxy groups -OCH3 is 5. The average Bonchev–Trinajstić information content (AvgIpc) is 0.720. The molecule has 4 aliphatic carbocycles. The van der Waals surface area contributed by atoms with Crippen molar-refractivity contribution < 1.29 is 106 Å². The molecule has 3 N–H and O–H groups in total. The van der Waals surface area contributed by atoms with Gasteiger partial charge in [-0.3, -0.25) is 19.2 Å². The standard InChI is InChI=1S/3C24H31NO6.2C18H25NO/c3*1-25(2)16-21(31-24(28)14-13-23(26)27)17-30-22-10-5-4-8-19(22)12-11-18-7-6-9-20(15-18)29-3;2*1-19-10-9-18-8-4-3-5-15(18)17(19)11-13-6-7-14(20-2)12-16(13)18/h3*4-10,15,21H,11-14,16-17H2,1-3H3,(H,26,27);2*6-7,12,15,17H,3-5,8-11H2,1-2H3/t2*21-;;2*15-,17+,18+/m10.11/s1. The maximum Gasteiger partial charge on any atom is 0.306 e. The van der Waals surface area contributed by atoms with Crippen LogP contribution in [0.1, 0.15) is 158 Å². The predicted octanol–water partition coefficient (Wildman–Crippen LogP) is 10.9. The van der Waals surface area contributed by atoms with Gasteiger partial charge in [-0.15, -0.1) is 0 Å². The Bertz CT molecular complexity index is 4590. The molecule has 0 amide bonds. The van der Waals surface area contributed by atoms with E-state index in [0.29, 0.717) is 30.5 Å². The number of hydrogen-bond acceptors (Lipinski definition) is 22. The van der Waals surface area contributed by atoms with Gasteiger partial charge in [-0.25, -0.2) is 0 Å². The fourth-order valence-corrected chi connectivity index (χ4v) is 20.3. The van der Waals surface area contributed by atoms with E-state index >= 15 is 0 Å². The van der Waals surface area contributed by atoms with Gasteiger partial charge in [0.15, 0.2) is 0 Å². The molecule has 2 aliphatic heterocycles. The van der Waals surface area contributed by atoms with Crippen molar-refractivity contribution in [3.8, 4) is 46.0 Å². The Hall–Kier alpha value is -11.2. The first-order chi connectivity index (χ1) is 64.1. The van der Waals surface area contributed by atoms with Gasteiger partial charge in [-0.2, -0.15) is 0 Å². The number of nitrogens with one attached hydrogen (secondary N) is 2. The maximum atomic E-state index is 12.0. The summed E-state index contributed by atoms with van der Waals surface area (Å²) in [6.45, 7) is 4.62. The van der Waals surface area contributed by atoms with Crippen LogP contribution >= 0.6 is 0 Å². The summed E-state index contributed by atoms with van der Waals surface area (Å²) >= 11 is 0. The number of nitrogens with zero attached hydrogens (tertiary/aromatic N) is 3. The molecule has 8 aromatic rings. The van der Waals surface area contributed by atoms with Gasteiger partial charge in [0, 0.05) is 79.9 Å². The van der Waals surface area contributed by atoms with Crippen LogP contribution in [0.5, 0.6) is 46.0 Å². The number of likely N-dealkylation sites (tertiary alicyclic amines) is 2. The highest BCUT2D eigenvalue weighted by Gasteiger charge is 2.57. The number of ether oxygens (including phenoxy) is 11. The lowest BCUT2D eigenvalue weighted by molar-refractivity contribution is -0.919. The van der Waals surface area contributed by atoms with Crippen LogP contribution in [0, 0.1) is 11.8 Å². The number of likely N-dealkylation sites (N-methyl/N-ethyl adjacent to an activating group) is 5. The fourth-order valence-electron chi connectivity index (χ4n) is 20.3. The number of carbonyl (C=O) groups is 6. The molecule has 11 atom stereocenters. The second kappa shape index (κ2) is 52.4. The minimum Gasteiger partial charge on any atom is -0.550 e. The largest absolute Gasteiger partial charge is 0.550 e. The van der Waals surface area contributed by atoms with Crippen LogP contribution in [0.2, 0.25) is 0 Å². The summed E-state index contributed by atoms with van der Waals surface area (Å²) < 4.78 is 61.2. The number of fused-ring (bicyclic) bond motifs is 2. The molecule has 133 heavy (non-hydrogen) atoms. The Balaban J connectivity index is 0.000000174. The van der Waals surface area contributed by atoms with E-state index in [2.05, 4.69) is 68.7 Å². The number of benzene rings is 8. The van der Waals surface area contributed by atoms with Crippen molar-refractivity contribution in [3.05, 3.63) is 238 Å². The number of para-hydroxylation sites is 3. The number of carbonyl (C=O) groups excluding carboxylic acids is 5. The van der Waals surface area contributed by atoms with E-state index in [-0.39, 0.29) is 58.3 Å². The molecule has 3 unspecified atom stereocenters. The van der Waals surface area contributed by atoms with Crippen molar-refractivity contribution in [2.45, 2.75) is 195 Å². The molecule has 0 radical (unpaired) electrons. The van der Waals surface area contributed by atoms with Crippen LogP contribution in [0.25, 0.3) is 0 Å². The Morgan fingerprint density at radius 3 is 1.01 bits per heavy atom. The summed E-state index contributed by atoms with van der Waals surface area (Å²) in [5.74, 6) is 3.35. The quantitative estimate of drug-likeness (QED) is 0.0237. The van der Waals surface area contributed by atoms with E-state index in [0.717, 1.165) is 125 Å². The fraction of sp³-hybridized carbons (Fsp3) is 0.500. The van der Waals surface area contributed by atoms with Crippen molar-refractivity contribution in [2.75, 3.05) is 144 Å². The number of piperidine rings is 2. The molecule has 25 nitrogen and oxygen atoms in total. The number of hydrogen-bond donors (Lipinski definition) is 3. The number of carboxylic acids is 3. The second-order valence-corrected chi connectivity index (χ2v) is 36.9. The zero-order valence-corrected chi connectivity index (χ0v) is 80.5. The van der Waals surface area contributed by atoms with Crippen molar-refractivity contribution >= 4 is 35.8 Å². The molecular formula is C108H143N5O20. The van der Waals surface area contributed by atoms with Gasteiger partial charge in [-0.05, 0) is 254 Å². The molecule has 8 aromatic carbocycles. The Labute approximate surface area is 787 Å². The SMILES string of the molecule is COc1ccc2c(c1)[C@]13CCCC[C@@H]1[C@H](C2)[NH+](C)CC3.COc1ccc2c(c1)[C@]13CCCC[C@@H]1[C@H](C2)[NH+](C)CC3.COc1cccc(CCc2ccccc2OCC(CN(C)C)OC(=O)CCC(=O)O)c1.COc1cccc(CCc2ccccc2OC[C@@H](CN(C)C)OC(=O)CCC(=O)[O-])c1.COc1cccc(CCc2ccccc2OC[C@H](CN(C)C)OC(=O)CCC(=O)[O-])c1. The molecule has 0 spiro atoms. The molecule has 2 heterocycles. The number of rotatable bonds is 41. The van der Waals surface area contributed by atoms with Crippen LogP contribution in [-0.4, -0.2) is 230 Å². The first-order valence-electron chi connectivity index (χ1n) is 47.2. The molecule has 4 bridgehead atoms. The number of carboxylic acid groups (broad SMARTS) is 3. The van der Waals surface area contributed by atoms with Gasteiger partial charge in [0.1, 0.15) is 84.1 Å². The van der Waals surface area contributed by atoms with Crippen molar-refractivity contribution in [2.24, 2.45) is 11.8 Å². The Morgan fingerprint density at radius 1 is 0.383 bits per heavy atom. The second-order valence-electron chi connectivity index (χ2n) is 36.9. The molecule has 720 valence electrons. The third kappa shape index (κ3) is 31.4. The molecular weight excluding hydrogens is 1690 g/mol. The van der Waals surface area contributed by atoms with Crippen molar-refractivity contribution in [1.29, 1.82) is 0 Å². The predicted molar refractivity (Wildman–Crippen MR) is 509 cm³/mol. The Morgan fingerprint density at radius 2 is 0.699 bits per heavy atom. The smallest absolute Gasteiger partial charge is 0.306 e. The van der Waals surface area contributed by atoms with E-state index in [9.17, 15) is 39.0 Å². The highest BCUT2D eigenvalue weighted by Crippen LogP contribution is 2.55. The normalized spacial score (nSPS) is 19.9. The summed E-state index contributed by atoms with van der Waals surface area (Å²) in [7, 11) is 24.6. The summed E-state index contributed by atoms with van der Waals surface area (Å²) in [4.78, 5) is 76.8. The minimum absolute atomic E-state index is 0.156. The molecule has 4 fully saturated rings. The molecule has 2 saturated carbocycles. The first kappa shape index (κ1) is 104. The third-order valence-electron chi connectivity index (χ3n) is 26.8. The lowest BCUT2D eigenvalue weighted by Crippen LogP contribution is -3.16. The van der Waals surface area contributed by atoms with Gasteiger partial charge >= 0.3 is 23.9 Å².